The molecule has 0 unspecified atom stereocenters. The molecule has 0 N–H and O–H groups in total. The smallest absolute Gasteiger partial charge is 0.128 e. The van der Waals surface area contributed by atoms with Gasteiger partial charge < -0.3 is 0 Å². The Labute approximate surface area is 76.6 Å². The number of rotatable bonds is 1. The predicted octanol–water partition coefficient (Wildman–Crippen LogP) is 2.55. The summed E-state index contributed by atoms with van der Waals surface area (Å²) in [5, 5.41) is 0.726. The van der Waals surface area contributed by atoms with Crippen LogP contribution in [0.25, 0.3) is 0 Å². The van der Waals surface area contributed by atoms with Gasteiger partial charge in [0.15, 0.2) is 0 Å². The molecule has 4 heteroatoms. The fourth-order valence-corrected chi connectivity index (χ4v) is 1.69. The molecular formula is C6H5FINS. The van der Waals surface area contributed by atoms with Crippen molar-refractivity contribution in [2.75, 3.05) is 6.26 Å². The molecule has 1 aromatic heterocycles. The van der Waals surface area contributed by atoms with E-state index >= 15 is 0 Å². The fraction of sp³-hybridized carbons (Fsp3) is 0.167. The molecule has 54 valence electrons. The summed E-state index contributed by atoms with van der Waals surface area (Å²) in [4.78, 5) is 4.06. The monoisotopic (exact) mass is 269 g/mol. The van der Waals surface area contributed by atoms with E-state index in [-0.39, 0.29) is 5.82 Å². The number of nitrogens with zero attached hydrogens (tertiary/aromatic N) is 1. The highest BCUT2D eigenvalue weighted by Crippen LogP contribution is 2.14. The van der Waals surface area contributed by atoms with Gasteiger partial charge in [-0.05, 0) is 28.8 Å². The van der Waals surface area contributed by atoms with E-state index in [0.29, 0.717) is 3.70 Å². The van der Waals surface area contributed by atoms with Gasteiger partial charge >= 0.3 is 0 Å². The van der Waals surface area contributed by atoms with E-state index in [1.807, 2.05) is 28.8 Å². The van der Waals surface area contributed by atoms with Gasteiger partial charge in [0.1, 0.15) is 9.52 Å². The van der Waals surface area contributed by atoms with Crippen molar-refractivity contribution < 1.29 is 4.39 Å². The Morgan fingerprint density at radius 3 is 2.80 bits per heavy atom. The van der Waals surface area contributed by atoms with Gasteiger partial charge in [0.2, 0.25) is 0 Å². The first-order valence-electron chi connectivity index (χ1n) is 2.59. The van der Waals surface area contributed by atoms with Crippen LogP contribution >= 0.6 is 34.4 Å². The summed E-state index contributed by atoms with van der Waals surface area (Å²) in [6.45, 7) is 0. The number of aromatic nitrogens is 1. The van der Waals surface area contributed by atoms with Gasteiger partial charge in [0, 0.05) is 12.1 Å². The van der Waals surface area contributed by atoms with E-state index < -0.39 is 0 Å². The highest BCUT2D eigenvalue weighted by molar-refractivity contribution is 14.1. The van der Waals surface area contributed by atoms with Gasteiger partial charge in [-0.3, -0.25) is 0 Å². The zero-order valence-electron chi connectivity index (χ0n) is 5.27. The Balaban J connectivity index is 3.06. The van der Waals surface area contributed by atoms with Crippen molar-refractivity contribution in [3.63, 3.8) is 0 Å². The molecule has 0 aromatic carbocycles. The first kappa shape index (κ1) is 8.26. The molecule has 0 bridgehead atoms. The van der Waals surface area contributed by atoms with Crippen molar-refractivity contribution >= 4 is 34.4 Å². The van der Waals surface area contributed by atoms with Crippen molar-refractivity contribution in [3.8, 4) is 0 Å². The molecule has 1 nitrogen and oxygen atoms in total. The Bertz CT molecular complexity index is 221. The highest BCUT2D eigenvalue weighted by atomic mass is 127. The van der Waals surface area contributed by atoms with E-state index in [9.17, 15) is 4.39 Å². The third-order valence-corrected chi connectivity index (χ3v) is 2.12. The molecule has 1 heterocycles. The van der Waals surface area contributed by atoms with Crippen molar-refractivity contribution in [2.45, 2.75) is 5.03 Å². The molecule has 10 heavy (non-hydrogen) atoms. The molecule has 0 radical (unpaired) electrons. The first-order chi connectivity index (χ1) is 4.72. The maximum absolute atomic E-state index is 12.6. The minimum atomic E-state index is -0.219. The minimum absolute atomic E-state index is 0.219. The summed E-state index contributed by atoms with van der Waals surface area (Å²) in [7, 11) is 0. The largest absolute Gasteiger partial charge is 0.235 e. The molecule has 0 fully saturated rings. The SMILES string of the molecule is CSc1cc(F)cc(I)n1. The average molecular weight is 269 g/mol. The number of pyridine rings is 1. The lowest BCUT2D eigenvalue weighted by molar-refractivity contribution is 0.618. The zero-order chi connectivity index (χ0) is 7.56. The fourth-order valence-electron chi connectivity index (χ4n) is 0.548. The van der Waals surface area contributed by atoms with E-state index in [0.717, 1.165) is 5.03 Å². The Morgan fingerprint density at radius 2 is 2.30 bits per heavy atom. The van der Waals surface area contributed by atoms with E-state index in [4.69, 9.17) is 0 Å². The average Bonchev–Trinajstić information content (AvgIpc) is 1.85. The van der Waals surface area contributed by atoms with Crippen LogP contribution in [0.5, 0.6) is 0 Å². The van der Waals surface area contributed by atoms with Crippen molar-refractivity contribution in [3.05, 3.63) is 21.7 Å². The predicted molar refractivity (Wildman–Crippen MR) is 48.7 cm³/mol. The highest BCUT2D eigenvalue weighted by Gasteiger charge is 1.97. The summed E-state index contributed by atoms with van der Waals surface area (Å²) >= 11 is 3.43. The Hall–Kier alpha value is 0.160. The third kappa shape index (κ3) is 2.09. The quantitative estimate of drug-likeness (QED) is 0.441. The van der Waals surface area contributed by atoms with Crippen LogP contribution in [-0.4, -0.2) is 11.2 Å². The molecule has 0 atom stereocenters. The second-order valence-electron chi connectivity index (χ2n) is 1.65. The van der Waals surface area contributed by atoms with E-state index in [2.05, 4.69) is 4.98 Å². The minimum Gasteiger partial charge on any atom is -0.235 e. The maximum atomic E-state index is 12.6. The standard InChI is InChI=1S/C6H5FINS/c1-10-6-3-4(7)2-5(8)9-6/h2-3H,1H3. The summed E-state index contributed by atoms with van der Waals surface area (Å²) in [6, 6.07) is 2.83. The van der Waals surface area contributed by atoms with Crippen molar-refractivity contribution in [1.82, 2.24) is 4.98 Å². The number of thioether (sulfide) groups is 1. The normalized spacial score (nSPS) is 9.90. The first-order valence-corrected chi connectivity index (χ1v) is 4.90. The van der Waals surface area contributed by atoms with Crippen LogP contribution in [0.15, 0.2) is 17.2 Å². The lowest BCUT2D eigenvalue weighted by atomic mass is 10.5. The van der Waals surface area contributed by atoms with Crippen LogP contribution in [0, 0.1) is 9.52 Å². The van der Waals surface area contributed by atoms with Crippen LogP contribution in [0.3, 0.4) is 0 Å². The molecule has 0 saturated heterocycles. The molecule has 0 aliphatic carbocycles. The summed E-state index contributed by atoms with van der Waals surface area (Å²) < 4.78 is 13.3. The number of hydrogen-bond donors (Lipinski definition) is 0. The topological polar surface area (TPSA) is 12.9 Å². The Kier molecular flexibility index (Phi) is 2.91. The second-order valence-corrected chi connectivity index (χ2v) is 3.58. The number of halogens is 2. The van der Waals surface area contributed by atoms with Crippen LogP contribution in [0.4, 0.5) is 4.39 Å². The van der Waals surface area contributed by atoms with Crippen LogP contribution < -0.4 is 0 Å². The van der Waals surface area contributed by atoms with Crippen LogP contribution in [-0.2, 0) is 0 Å². The van der Waals surface area contributed by atoms with Gasteiger partial charge in [0.05, 0.1) is 5.03 Å². The second kappa shape index (κ2) is 3.52. The van der Waals surface area contributed by atoms with Gasteiger partial charge in [0.25, 0.3) is 0 Å². The van der Waals surface area contributed by atoms with Gasteiger partial charge in [-0.1, -0.05) is 0 Å². The molecule has 1 aromatic rings. The Morgan fingerprint density at radius 1 is 1.60 bits per heavy atom. The molecular weight excluding hydrogens is 264 g/mol. The number of hydrogen-bond acceptors (Lipinski definition) is 2. The van der Waals surface area contributed by atoms with Crippen molar-refractivity contribution in [2.24, 2.45) is 0 Å². The lowest BCUT2D eigenvalue weighted by Crippen LogP contribution is -1.85. The van der Waals surface area contributed by atoms with Crippen LogP contribution in [0.2, 0.25) is 0 Å². The maximum Gasteiger partial charge on any atom is 0.128 e. The van der Waals surface area contributed by atoms with Gasteiger partial charge in [-0.15, -0.1) is 11.8 Å². The van der Waals surface area contributed by atoms with Crippen molar-refractivity contribution in [1.29, 1.82) is 0 Å². The molecule has 0 aliphatic heterocycles. The molecule has 1 rings (SSSR count). The molecule has 0 spiro atoms. The zero-order valence-corrected chi connectivity index (χ0v) is 8.24. The van der Waals surface area contributed by atoms with Crippen LogP contribution in [0.1, 0.15) is 0 Å². The molecule has 0 amide bonds. The summed E-state index contributed by atoms with van der Waals surface area (Å²) in [6.07, 6.45) is 1.87. The van der Waals surface area contributed by atoms with Gasteiger partial charge in [-0.2, -0.15) is 0 Å². The van der Waals surface area contributed by atoms with Gasteiger partial charge in [-0.25, -0.2) is 9.37 Å². The summed E-state index contributed by atoms with van der Waals surface area (Å²) in [5.74, 6) is -0.219. The summed E-state index contributed by atoms with van der Waals surface area (Å²) in [5.41, 5.74) is 0. The molecule has 0 saturated carbocycles. The van der Waals surface area contributed by atoms with E-state index in [1.54, 1.807) is 0 Å². The molecule has 0 aliphatic rings. The third-order valence-electron chi connectivity index (χ3n) is 0.944. The lowest BCUT2D eigenvalue weighted by Gasteiger charge is -1.95. The van der Waals surface area contributed by atoms with E-state index in [1.165, 1.54) is 23.9 Å².